The molecule has 2 aromatic rings. The highest BCUT2D eigenvalue weighted by atomic mass is 35.5. The maximum absolute atomic E-state index is 10.3. The van der Waals surface area contributed by atoms with Gasteiger partial charge >= 0.3 is 11.9 Å². The molecule has 10 nitrogen and oxygen atoms in total. The summed E-state index contributed by atoms with van der Waals surface area (Å²) < 4.78 is 0. The molecular weight excluding hydrogens is 328 g/mol. The number of hydrogen-bond donors (Lipinski definition) is 6. The molecule has 8 N–H and O–H groups in total. The third-order valence-electron chi connectivity index (χ3n) is 2.60. The van der Waals surface area contributed by atoms with Crippen LogP contribution in [0.25, 0.3) is 0 Å². The Bertz CT molecular complexity index is 522. The van der Waals surface area contributed by atoms with Gasteiger partial charge in [-0.15, -0.1) is 12.4 Å². The van der Waals surface area contributed by atoms with Gasteiger partial charge in [-0.2, -0.15) is 0 Å². The van der Waals surface area contributed by atoms with Gasteiger partial charge in [-0.05, 0) is 0 Å². The van der Waals surface area contributed by atoms with Crippen LogP contribution in [-0.2, 0) is 22.4 Å². The third-order valence-corrected chi connectivity index (χ3v) is 2.60. The normalized spacial score (nSPS) is 12.3. The molecule has 0 aromatic carbocycles. The maximum atomic E-state index is 10.3. The fourth-order valence-electron chi connectivity index (χ4n) is 1.43. The van der Waals surface area contributed by atoms with E-state index in [2.05, 4.69) is 19.9 Å². The lowest BCUT2D eigenvalue weighted by Crippen LogP contribution is -2.32. The van der Waals surface area contributed by atoms with E-state index < -0.39 is 24.0 Å². The van der Waals surface area contributed by atoms with Crippen LogP contribution in [0.5, 0.6) is 0 Å². The first-order valence-corrected chi connectivity index (χ1v) is 6.32. The first kappa shape index (κ1) is 20.6. The highest BCUT2D eigenvalue weighted by Gasteiger charge is 2.13. The number of H-pyrrole nitrogens is 2. The molecule has 11 heteroatoms. The number of aliphatic carboxylic acids is 2. The lowest BCUT2D eigenvalue weighted by molar-refractivity contribution is -0.139. The molecule has 128 valence electrons. The molecule has 2 aromatic heterocycles. The van der Waals surface area contributed by atoms with Gasteiger partial charge in [0.25, 0.3) is 0 Å². The van der Waals surface area contributed by atoms with E-state index in [1.54, 1.807) is 12.4 Å². The third kappa shape index (κ3) is 7.95. The minimum Gasteiger partial charge on any atom is -0.480 e. The van der Waals surface area contributed by atoms with E-state index in [-0.39, 0.29) is 25.2 Å². The Hall–Kier alpha value is -2.43. The molecule has 0 aliphatic heterocycles. The number of hydrogen-bond acceptors (Lipinski definition) is 6. The number of halogens is 1. The average Bonchev–Trinajstić information content (AvgIpc) is 3.12. The molecule has 2 unspecified atom stereocenters. The Balaban J connectivity index is 0.000000403. The predicted molar refractivity (Wildman–Crippen MR) is 83.1 cm³/mol. The first-order chi connectivity index (χ1) is 10.4. The zero-order valence-corrected chi connectivity index (χ0v) is 12.9. The second kappa shape index (κ2) is 10.3. The van der Waals surface area contributed by atoms with Crippen molar-refractivity contribution in [2.45, 2.75) is 24.9 Å². The van der Waals surface area contributed by atoms with Gasteiger partial charge in [-0.3, -0.25) is 9.59 Å². The minimum atomic E-state index is -1.01. The van der Waals surface area contributed by atoms with Crippen molar-refractivity contribution < 1.29 is 19.8 Å². The van der Waals surface area contributed by atoms with Crippen molar-refractivity contribution in [3.8, 4) is 0 Å². The van der Waals surface area contributed by atoms with Crippen LogP contribution in [-0.4, -0.2) is 54.2 Å². The van der Waals surface area contributed by atoms with Crippen molar-refractivity contribution in [1.29, 1.82) is 0 Å². The molecule has 2 heterocycles. The Morgan fingerprint density at radius 3 is 1.52 bits per heavy atom. The van der Waals surface area contributed by atoms with E-state index in [9.17, 15) is 9.59 Å². The molecule has 0 aliphatic carbocycles. The number of rotatable bonds is 6. The largest absolute Gasteiger partial charge is 0.480 e. The number of nitrogens with one attached hydrogen (secondary N) is 2. The number of carboxylic acids is 2. The Kier molecular flexibility index (Phi) is 9.23. The molecule has 2 rings (SSSR count). The van der Waals surface area contributed by atoms with Crippen LogP contribution in [0.2, 0.25) is 0 Å². The molecule has 0 spiro atoms. The molecule has 0 bridgehead atoms. The van der Waals surface area contributed by atoms with Crippen molar-refractivity contribution in [1.82, 2.24) is 19.9 Å². The van der Waals surface area contributed by atoms with Crippen molar-refractivity contribution in [2.24, 2.45) is 11.5 Å². The van der Waals surface area contributed by atoms with E-state index in [1.807, 2.05) is 0 Å². The van der Waals surface area contributed by atoms with Gasteiger partial charge in [0.05, 0.1) is 24.0 Å². The highest BCUT2D eigenvalue weighted by Crippen LogP contribution is 1.96. The summed E-state index contributed by atoms with van der Waals surface area (Å²) in [6.07, 6.45) is 6.76. The van der Waals surface area contributed by atoms with Gasteiger partial charge in [0, 0.05) is 25.2 Å². The zero-order valence-electron chi connectivity index (χ0n) is 12.0. The average molecular weight is 347 g/mol. The van der Waals surface area contributed by atoms with Crippen molar-refractivity contribution in [2.75, 3.05) is 0 Å². The van der Waals surface area contributed by atoms with Gasteiger partial charge in [-0.1, -0.05) is 0 Å². The van der Waals surface area contributed by atoms with Gasteiger partial charge in [-0.25, -0.2) is 9.97 Å². The summed E-state index contributed by atoms with van der Waals surface area (Å²) in [7, 11) is 0. The number of carboxylic acid groups (broad SMARTS) is 2. The molecule has 0 saturated heterocycles. The monoisotopic (exact) mass is 346 g/mol. The summed E-state index contributed by atoms with van der Waals surface area (Å²) in [4.78, 5) is 33.6. The van der Waals surface area contributed by atoms with E-state index in [0.29, 0.717) is 11.4 Å². The number of aromatic nitrogens is 4. The van der Waals surface area contributed by atoms with Crippen molar-refractivity contribution in [3.63, 3.8) is 0 Å². The molecular formula is C12H19ClN6O4. The van der Waals surface area contributed by atoms with E-state index in [0.717, 1.165) is 0 Å². The Morgan fingerprint density at radius 1 is 0.957 bits per heavy atom. The predicted octanol–water partition coefficient (Wildman–Crippen LogP) is -0.850. The summed E-state index contributed by atoms with van der Waals surface area (Å²) >= 11 is 0. The number of aromatic amines is 2. The summed E-state index contributed by atoms with van der Waals surface area (Å²) in [5.41, 5.74) is 11.8. The standard InChI is InChI=1S/2C6H9N3O2.ClH/c2*7-5(6(10)11)1-4-2-8-3-9-4;/h2*2-3,5H,1,7H2,(H,8,9)(H,10,11);1H. The maximum Gasteiger partial charge on any atom is 0.320 e. The SMILES string of the molecule is Cl.NC(Cc1c[nH]cn1)C(=O)O.NC(Cc1c[nH]cn1)C(=O)O. The molecule has 0 aliphatic rings. The molecule has 0 amide bonds. The summed E-state index contributed by atoms with van der Waals surface area (Å²) in [5, 5.41) is 16.8. The van der Waals surface area contributed by atoms with E-state index in [1.165, 1.54) is 12.7 Å². The minimum absolute atomic E-state index is 0. The first-order valence-electron chi connectivity index (χ1n) is 6.32. The summed E-state index contributed by atoms with van der Waals surface area (Å²) in [5.74, 6) is -2.01. The zero-order chi connectivity index (χ0) is 16.5. The second-order valence-electron chi connectivity index (χ2n) is 4.42. The van der Waals surface area contributed by atoms with Crippen LogP contribution >= 0.6 is 12.4 Å². The fourth-order valence-corrected chi connectivity index (χ4v) is 1.43. The van der Waals surface area contributed by atoms with Crippen LogP contribution in [0.15, 0.2) is 25.0 Å². The van der Waals surface area contributed by atoms with Crippen LogP contribution < -0.4 is 11.5 Å². The van der Waals surface area contributed by atoms with E-state index in [4.69, 9.17) is 21.7 Å². The number of nitrogens with two attached hydrogens (primary N) is 2. The smallest absolute Gasteiger partial charge is 0.320 e. The van der Waals surface area contributed by atoms with Gasteiger partial charge in [0.15, 0.2) is 0 Å². The van der Waals surface area contributed by atoms with Crippen molar-refractivity contribution >= 4 is 24.3 Å². The van der Waals surface area contributed by atoms with Crippen LogP contribution in [0, 0.1) is 0 Å². The van der Waals surface area contributed by atoms with E-state index >= 15 is 0 Å². The summed E-state index contributed by atoms with van der Waals surface area (Å²) in [6.45, 7) is 0. The Labute approximate surface area is 137 Å². The molecule has 0 saturated carbocycles. The second-order valence-corrected chi connectivity index (χ2v) is 4.42. The van der Waals surface area contributed by atoms with Crippen LogP contribution in [0.3, 0.4) is 0 Å². The molecule has 23 heavy (non-hydrogen) atoms. The number of imidazole rings is 2. The fraction of sp³-hybridized carbons (Fsp3) is 0.333. The van der Waals surface area contributed by atoms with Crippen LogP contribution in [0.1, 0.15) is 11.4 Å². The van der Waals surface area contributed by atoms with Gasteiger partial charge < -0.3 is 31.6 Å². The molecule has 0 radical (unpaired) electrons. The quantitative estimate of drug-likeness (QED) is 0.390. The summed E-state index contributed by atoms with van der Waals surface area (Å²) in [6, 6.07) is -1.73. The highest BCUT2D eigenvalue weighted by molar-refractivity contribution is 5.85. The molecule has 2 atom stereocenters. The van der Waals surface area contributed by atoms with Crippen LogP contribution in [0.4, 0.5) is 0 Å². The van der Waals surface area contributed by atoms with Gasteiger partial charge in [0.2, 0.25) is 0 Å². The van der Waals surface area contributed by atoms with Crippen molar-refractivity contribution in [3.05, 3.63) is 36.4 Å². The van der Waals surface area contributed by atoms with Gasteiger partial charge in [0.1, 0.15) is 12.1 Å². The Morgan fingerprint density at radius 2 is 1.30 bits per heavy atom. The lowest BCUT2D eigenvalue weighted by atomic mass is 10.2. The topological polar surface area (TPSA) is 184 Å². The lowest BCUT2D eigenvalue weighted by Gasteiger charge is -2.01. The number of nitrogens with zero attached hydrogens (tertiary/aromatic N) is 2. The number of carbonyl (C=O) groups is 2. The molecule has 0 fully saturated rings.